The van der Waals surface area contributed by atoms with Crippen LogP contribution in [0, 0.1) is 13.3 Å². The molecule has 0 fully saturated rings. The molecule has 0 aromatic heterocycles. The minimum atomic E-state index is -0.446. The number of benzene rings is 6. The summed E-state index contributed by atoms with van der Waals surface area (Å²) in [5, 5.41) is 11.4. The van der Waals surface area contributed by atoms with Crippen LogP contribution in [0.3, 0.4) is 0 Å². The molecule has 1 aliphatic rings. The summed E-state index contributed by atoms with van der Waals surface area (Å²) in [6, 6.07) is 65.2. The molecular weight excluding hydrogens is 783 g/mol. The fourth-order valence-electron chi connectivity index (χ4n) is 5.37. The molecule has 0 atom stereocenters. The summed E-state index contributed by atoms with van der Waals surface area (Å²) >= 11 is 1.82. The summed E-state index contributed by atoms with van der Waals surface area (Å²) in [5.41, 5.74) is 2.48. The van der Waals surface area contributed by atoms with Crippen molar-refractivity contribution in [3.8, 4) is 0 Å². The van der Waals surface area contributed by atoms with Gasteiger partial charge in [0.15, 0.2) is 0 Å². The van der Waals surface area contributed by atoms with Crippen LogP contribution in [-0.4, -0.2) is 10.9 Å². The fraction of sp³-hybridized carbons (Fsp3) is 0.111. The van der Waals surface area contributed by atoms with Crippen molar-refractivity contribution in [1.29, 1.82) is 0 Å². The van der Waals surface area contributed by atoms with Crippen LogP contribution in [0.5, 0.6) is 0 Å². The SMILES string of the molecule is CC1=C(C)N(C(C)C)[C]N1.[C-]#[O+].[Cl][Ru].c1ccc(P(c2ccccc2)c2ccccc2)cc1.c1ccc(P(c2ccccc2)c2ccccc2)cc1. The maximum atomic E-state index is 7.50. The van der Waals surface area contributed by atoms with Gasteiger partial charge in [0.25, 0.3) is 0 Å². The van der Waals surface area contributed by atoms with Gasteiger partial charge in [-0.3, -0.25) is 0 Å². The zero-order chi connectivity index (χ0) is 37.6. The van der Waals surface area contributed by atoms with E-state index in [1.807, 2.05) is 17.3 Å². The van der Waals surface area contributed by atoms with E-state index in [2.05, 4.69) is 243 Å². The summed E-state index contributed by atoms with van der Waals surface area (Å²) in [6.45, 7) is 16.0. The first-order valence-corrected chi connectivity index (χ1v) is 21.7. The molecule has 3 nitrogen and oxygen atoms in total. The molecule has 1 aliphatic heterocycles. The molecule has 0 aliphatic carbocycles. The third kappa shape index (κ3) is 13.0. The molecule has 0 amide bonds. The van der Waals surface area contributed by atoms with Crippen LogP contribution >= 0.6 is 25.5 Å². The number of nitrogens with one attached hydrogen (secondary N) is 1. The van der Waals surface area contributed by atoms with Crippen LogP contribution in [0.4, 0.5) is 0 Å². The van der Waals surface area contributed by atoms with Crippen LogP contribution in [0.25, 0.3) is 0 Å². The van der Waals surface area contributed by atoms with E-state index in [9.17, 15) is 0 Å². The molecule has 0 spiro atoms. The van der Waals surface area contributed by atoms with Gasteiger partial charge < -0.3 is 10.2 Å². The van der Waals surface area contributed by atoms with E-state index in [0.717, 1.165) is 0 Å². The Hall–Kier alpha value is -3.83. The summed E-state index contributed by atoms with van der Waals surface area (Å²) in [5.74, 6) is 0. The second kappa shape index (κ2) is 24.4. The van der Waals surface area contributed by atoms with Crippen LogP contribution < -0.4 is 37.1 Å². The van der Waals surface area contributed by atoms with Gasteiger partial charge in [-0.2, -0.15) is 0 Å². The zero-order valence-corrected chi connectivity index (χ0v) is 34.2. The number of hydrogen-bond donors (Lipinski definition) is 1. The number of allylic oxidation sites excluding steroid dienone is 2. The van der Waals surface area contributed by atoms with Gasteiger partial charge in [-0.05, 0) is 75.4 Å². The van der Waals surface area contributed by atoms with E-state index >= 15 is 0 Å². The van der Waals surface area contributed by atoms with Crippen molar-refractivity contribution in [2.45, 2.75) is 33.7 Å². The average Bonchev–Trinajstić information content (AvgIpc) is 3.57. The molecule has 0 bridgehead atoms. The standard InChI is InChI=1S/2C18H15P.C8H14N2.CO.ClH.Ru/c2*1-4-10-16(11-5-1)19(17-12-6-2-7-13-17)18-14-8-3-9-15-18;1-6(2)10-5-9-7(3)8(10)4;1-2;;/h2*1-15H;6,9H,1-4H3;;1H;/q;;;;;+1/p-1. The Bertz CT molecular complexity index is 1560. The topological polar surface area (TPSA) is 35.2 Å². The van der Waals surface area contributed by atoms with Crippen molar-refractivity contribution in [3.05, 3.63) is 207 Å². The predicted octanol–water partition coefficient (Wildman–Crippen LogP) is 9.09. The molecule has 7 rings (SSSR count). The second-order valence-electron chi connectivity index (χ2n) is 11.6. The van der Waals surface area contributed by atoms with Crippen molar-refractivity contribution in [2.75, 3.05) is 0 Å². The molecule has 52 heavy (non-hydrogen) atoms. The Kier molecular flexibility index (Phi) is 20.0. The van der Waals surface area contributed by atoms with Gasteiger partial charge >= 0.3 is 38.3 Å². The summed E-state index contributed by atoms with van der Waals surface area (Å²) in [7, 11) is 3.68. The number of nitrogens with zero attached hydrogens (tertiary/aromatic N) is 1. The largest absolute Gasteiger partial charge is 0.0622 e. The Balaban J connectivity index is 0.000000209. The molecule has 6 aromatic rings. The smallest absolute Gasteiger partial charge is 0.0134 e. The Labute approximate surface area is 328 Å². The van der Waals surface area contributed by atoms with Gasteiger partial charge in [0.2, 0.25) is 6.67 Å². The van der Waals surface area contributed by atoms with Crippen molar-refractivity contribution < 1.29 is 22.0 Å². The molecule has 7 heteroatoms. The van der Waals surface area contributed by atoms with Crippen molar-refractivity contribution in [1.82, 2.24) is 10.2 Å². The van der Waals surface area contributed by atoms with Crippen molar-refractivity contribution >= 4 is 57.4 Å². The van der Waals surface area contributed by atoms with Crippen LogP contribution in [0.2, 0.25) is 0 Å². The Morgan fingerprint density at radius 3 is 0.846 bits per heavy atom. The van der Waals surface area contributed by atoms with Gasteiger partial charge in [-0.1, -0.05) is 182 Å². The average molecular weight is 827 g/mol. The van der Waals surface area contributed by atoms with Gasteiger partial charge in [0, 0.05) is 17.4 Å². The molecular formula is C45H44ClN2OP2Ru. The van der Waals surface area contributed by atoms with Gasteiger partial charge in [0.05, 0.1) is 0 Å². The van der Waals surface area contributed by atoms with E-state index in [-0.39, 0.29) is 0 Å². The molecule has 2 radical (unpaired) electrons. The predicted molar refractivity (Wildman–Crippen MR) is 222 cm³/mol. The molecule has 1 N–H and O–H groups in total. The first-order valence-electron chi connectivity index (χ1n) is 16.8. The first kappa shape index (κ1) is 42.6. The maximum absolute atomic E-state index is 7.50. The van der Waals surface area contributed by atoms with Crippen molar-refractivity contribution in [3.63, 3.8) is 0 Å². The van der Waals surface area contributed by atoms with Crippen LogP contribution in [0.1, 0.15) is 27.7 Å². The van der Waals surface area contributed by atoms with Gasteiger partial charge in [-0.15, -0.1) is 0 Å². The van der Waals surface area contributed by atoms with Crippen LogP contribution in [-0.2, 0) is 22.0 Å². The number of hydrogen-bond acceptors (Lipinski definition) is 2. The number of halogens is 1. The van der Waals surface area contributed by atoms with E-state index in [1.165, 1.54) is 43.2 Å². The zero-order valence-electron chi connectivity index (χ0n) is 29.9. The first-order chi connectivity index (χ1) is 25.5. The van der Waals surface area contributed by atoms with Gasteiger partial charge in [0.1, 0.15) is 0 Å². The molecule has 0 saturated heterocycles. The molecule has 0 saturated carbocycles. The summed E-state index contributed by atoms with van der Waals surface area (Å²) in [6.07, 6.45) is 0. The van der Waals surface area contributed by atoms with Gasteiger partial charge in [-0.25, -0.2) is 0 Å². The molecule has 6 aromatic carbocycles. The summed E-state index contributed by atoms with van der Waals surface area (Å²) in [4.78, 5) is 2.11. The quantitative estimate of drug-likeness (QED) is 0.0755. The van der Waals surface area contributed by atoms with Crippen LogP contribution in [0.15, 0.2) is 193 Å². The third-order valence-corrected chi connectivity index (χ3v) is 12.8. The fourth-order valence-corrected chi connectivity index (χ4v) is 9.98. The molecule has 1 heterocycles. The second-order valence-corrected chi connectivity index (χ2v) is 16.0. The molecule has 0 unspecified atom stereocenters. The minimum absolute atomic E-state index is 0.446. The molecule has 265 valence electrons. The Morgan fingerprint density at radius 1 is 0.500 bits per heavy atom. The van der Waals surface area contributed by atoms with Crippen molar-refractivity contribution in [2.24, 2.45) is 0 Å². The van der Waals surface area contributed by atoms with E-state index in [1.54, 1.807) is 0 Å². The third-order valence-electron chi connectivity index (χ3n) is 7.87. The monoisotopic (exact) mass is 827 g/mol. The van der Waals surface area contributed by atoms with E-state index in [0.29, 0.717) is 6.04 Å². The summed E-state index contributed by atoms with van der Waals surface area (Å²) < 4.78 is 7.50. The Morgan fingerprint density at radius 2 is 0.712 bits per heavy atom. The normalized spacial score (nSPS) is 11.5. The van der Waals surface area contributed by atoms with E-state index in [4.69, 9.17) is 4.65 Å². The van der Waals surface area contributed by atoms with E-state index < -0.39 is 15.8 Å². The number of rotatable bonds is 7. The maximum Gasteiger partial charge on any atom is -0.0134 e. The minimum Gasteiger partial charge on any atom is -0.0622 e.